The quantitative estimate of drug-likeness (QED) is 0.142. The number of rotatable bonds is 13. The molecule has 0 unspecified atom stereocenters. The number of cyclic esters (lactones) is 2. The van der Waals surface area contributed by atoms with Gasteiger partial charge in [0, 0.05) is 20.0 Å². The number of Topliss-reactive ketones (excluding diaryl/α,β-unsaturated/α-hetero) is 1. The second-order valence-electron chi connectivity index (χ2n) is 19.5. The molecule has 1 aromatic carbocycles. The molecule has 0 aromatic heterocycles. The summed E-state index contributed by atoms with van der Waals surface area (Å²) in [5.41, 5.74) is 0.631. The van der Waals surface area contributed by atoms with Crippen molar-refractivity contribution in [3.8, 4) is 5.75 Å². The molecule has 11 atom stereocenters. The van der Waals surface area contributed by atoms with E-state index in [9.17, 15) is 43.5 Å². The van der Waals surface area contributed by atoms with Crippen molar-refractivity contribution in [1.29, 1.82) is 0 Å². The van der Waals surface area contributed by atoms with Gasteiger partial charge in [0.25, 0.3) is 0 Å². The normalized spacial score (nSPS) is 27.8. The van der Waals surface area contributed by atoms with Crippen LogP contribution in [0.2, 0.25) is 0 Å². The number of benzene rings is 1. The van der Waals surface area contributed by atoms with Gasteiger partial charge in [-0.2, -0.15) is 0 Å². The van der Waals surface area contributed by atoms with Crippen LogP contribution in [0.4, 0.5) is 0 Å². The van der Waals surface area contributed by atoms with Crippen LogP contribution in [0, 0.1) is 29.6 Å². The van der Waals surface area contributed by atoms with Gasteiger partial charge < -0.3 is 50.4 Å². The number of aliphatic hydroxyl groups is 1. The summed E-state index contributed by atoms with van der Waals surface area (Å²) in [7, 11) is 4.56. The second-order valence-corrected chi connectivity index (χ2v) is 19.5. The van der Waals surface area contributed by atoms with Crippen LogP contribution in [-0.2, 0) is 54.3 Å². The fourth-order valence-corrected chi connectivity index (χ4v) is 8.55. The molecule has 2 saturated heterocycles. The Labute approximate surface area is 396 Å². The number of nitrogens with one attached hydrogen (secondary N) is 4. The van der Waals surface area contributed by atoms with Crippen molar-refractivity contribution in [2.24, 2.45) is 29.6 Å². The van der Waals surface area contributed by atoms with E-state index in [0.29, 0.717) is 30.6 Å². The van der Waals surface area contributed by atoms with Gasteiger partial charge in [0.2, 0.25) is 29.5 Å². The molecule has 18 nitrogen and oxygen atoms in total. The monoisotopic (exact) mass is 943 g/mol. The van der Waals surface area contributed by atoms with Crippen LogP contribution in [0.1, 0.15) is 113 Å². The van der Waals surface area contributed by atoms with E-state index < -0.39 is 126 Å². The van der Waals surface area contributed by atoms with E-state index in [1.165, 1.54) is 37.8 Å². The average molecular weight is 943 g/mol. The molecule has 5 amide bonds. The number of amides is 5. The van der Waals surface area contributed by atoms with Crippen LogP contribution in [-0.4, -0.2) is 144 Å². The number of hydrogen-bond donors (Lipinski definition) is 5. The number of hydrogen-bond acceptors (Lipinski definition) is 13. The molecule has 2 aliphatic rings. The van der Waals surface area contributed by atoms with Gasteiger partial charge in [-0.15, -0.1) is 0 Å². The molecular weight excluding hydrogens is 865 g/mol. The van der Waals surface area contributed by atoms with Crippen LogP contribution >= 0.6 is 0 Å². The molecule has 67 heavy (non-hydrogen) atoms. The lowest BCUT2D eigenvalue weighted by molar-refractivity contribution is -0.163. The van der Waals surface area contributed by atoms with E-state index in [4.69, 9.17) is 14.2 Å². The standard InChI is InChI=1S/C49H78N6O12/c1-14-29(8)40-38(56)25-39(57)67-43(28(6)7)42(58)30(9)44(59)51-35(23-27(4)5)47(62)55-21-15-16-36(55)48(63)54(12)37(24-32-17-19-33(65-13)20-18-32)49(64)66-31(10)41(46(61)52-40)53-45(60)34(50-11)22-26(2)3/h17-20,26-31,34-38,40-41,43,50,56H,14-16,21-25H2,1-13H3,(H,51,59)(H,52,61)(H,53,60)/t29-,30+,31-,34+,35-,36-,37-,38-,40+,41+,43-/m0/s1. The highest BCUT2D eigenvalue weighted by molar-refractivity contribution is 6.05. The van der Waals surface area contributed by atoms with Crippen molar-refractivity contribution in [1.82, 2.24) is 31.1 Å². The Balaban J connectivity index is 2.23. The lowest BCUT2D eigenvalue weighted by Crippen LogP contribution is -2.61. The maximum absolute atomic E-state index is 14.7. The Bertz CT molecular complexity index is 1870. The number of ketones is 1. The molecule has 1 aromatic rings. The molecule has 0 spiro atoms. The molecule has 0 aliphatic carbocycles. The van der Waals surface area contributed by atoms with Crippen LogP contribution in [0.25, 0.3) is 0 Å². The fourth-order valence-electron chi connectivity index (χ4n) is 8.55. The maximum atomic E-state index is 14.7. The number of methoxy groups -OCH3 is 1. The van der Waals surface area contributed by atoms with Crippen molar-refractivity contribution in [3.05, 3.63) is 29.8 Å². The number of likely N-dealkylation sites (N-methyl/N-ethyl adjacent to an activating group) is 2. The first-order chi connectivity index (χ1) is 31.4. The highest BCUT2D eigenvalue weighted by Gasteiger charge is 2.44. The first kappa shape index (κ1) is 56.2. The molecule has 5 N–H and O–H groups in total. The molecule has 2 fully saturated rings. The SMILES string of the molecule is CC[C@H](C)[C@H]1NC(=O)[C@H](NC(=O)[C@@H](CC(C)C)NC)[C@H](C)OC(=O)[C@H](Cc2ccc(OC)cc2)N(C)C(=O)[C@@H]2CCCN2C(=O)[C@H](CC(C)C)NC(=O)[C@H](C)C(=O)[C@H](C(C)C)OC(=O)C[C@@H]1O. The zero-order valence-corrected chi connectivity index (χ0v) is 41.9. The van der Waals surface area contributed by atoms with Gasteiger partial charge in [-0.05, 0) is 87.9 Å². The Hall–Kier alpha value is -5.10. The smallest absolute Gasteiger partial charge is 0.329 e. The zero-order chi connectivity index (χ0) is 50.4. The van der Waals surface area contributed by atoms with Gasteiger partial charge >= 0.3 is 11.9 Å². The van der Waals surface area contributed by atoms with Crippen molar-refractivity contribution < 1.29 is 57.7 Å². The number of ether oxygens (including phenoxy) is 3. The van der Waals surface area contributed by atoms with Gasteiger partial charge in [-0.1, -0.05) is 73.9 Å². The number of fused-ring (bicyclic) bond motifs is 1. The van der Waals surface area contributed by atoms with E-state index in [2.05, 4.69) is 21.3 Å². The minimum absolute atomic E-state index is 0.0500. The van der Waals surface area contributed by atoms with E-state index in [0.717, 1.165) is 0 Å². The Morgan fingerprint density at radius 2 is 1.55 bits per heavy atom. The summed E-state index contributed by atoms with van der Waals surface area (Å²) in [6.45, 7) is 17.4. The molecule has 0 bridgehead atoms. The Kier molecular flexibility index (Phi) is 21.7. The number of carbonyl (C=O) groups is 8. The van der Waals surface area contributed by atoms with E-state index in [1.807, 2.05) is 34.6 Å². The van der Waals surface area contributed by atoms with Crippen molar-refractivity contribution in [2.45, 2.75) is 169 Å². The first-order valence-electron chi connectivity index (χ1n) is 23.9. The van der Waals surface area contributed by atoms with Gasteiger partial charge in [0.1, 0.15) is 36.0 Å². The Morgan fingerprint density at radius 1 is 0.910 bits per heavy atom. The van der Waals surface area contributed by atoms with Gasteiger partial charge in [0.05, 0.1) is 37.6 Å². The number of esters is 2. The maximum Gasteiger partial charge on any atom is 0.329 e. The van der Waals surface area contributed by atoms with Gasteiger partial charge in [-0.25, -0.2) is 4.79 Å². The summed E-state index contributed by atoms with van der Waals surface area (Å²) in [4.78, 5) is 116. The van der Waals surface area contributed by atoms with E-state index in [-0.39, 0.29) is 37.6 Å². The van der Waals surface area contributed by atoms with Gasteiger partial charge in [-0.3, -0.25) is 33.6 Å². The van der Waals surface area contributed by atoms with Crippen LogP contribution in [0.3, 0.4) is 0 Å². The molecule has 0 saturated carbocycles. The molecule has 18 heteroatoms. The Morgan fingerprint density at radius 3 is 2.10 bits per heavy atom. The average Bonchev–Trinajstić information content (AvgIpc) is 3.77. The van der Waals surface area contributed by atoms with Gasteiger partial charge in [0.15, 0.2) is 11.9 Å². The zero-order valence-electron chi connectivity index (χ0n) is 41.9. The molecule has 0 radical (unpaired) electrons. The van der Waals surface area contributed by atoms with Crippen LogP contribution in [0.15, 0.2) is 24.3 Å². The molecule has 2 heterocycles. The molecule has 3 rings (SSSR count). The van der Waals surface area contributed by atoms with Crippen LogP contribution < -0.4 is 26.0 Å². The summed E-state index contributed by atoms with van der Waals surface area (Å²) >= 11 is 0. The van der Waals surface area contributed by atoms with Crippen molar-refractivity contribution in [3.63, 3.8) is 0 Å². The van der Waals surface area contributed by atoms with E-state index >= 15 is 0 Å². The lowest BCUT2D eigenvalue weighted by atomic mass is 9.91. The second kappa shape index (κ2) is 25.9. The third-order valence-corrected chi connectivity index (χ3v) is 12.9. The predicted molar refractivity (Wildman–Crippen MR) is 250 cm³/mol. The highest BCUT2D eigenvalue weighted by Crippen LogP contribution is 2.26. The van der Waals surface area contributed by atoms with Crippen LogP contribution in [0.5, 0.6) is 5.75 Å². The highest BCUT2D eigenvalue weighted by atomic mass is 16.6. The van der Waals surface area contributed by atoms with E-state index in [1.54, 1.807) is 52.1 Å². The summed E-state index contributed by atoms with van der Waals surface area (Å²) in [5.74, 6) is -7.71. The molecule has 376 valence electrons. The fraction of sp³-hybridized carbons (Fsp3) is 0.714. The molecular formula is C49H78N6O12. The lowest BCUT2D eigenvalue weighted by Gasteiger charge is -2.35. The summed E-state index contributed by atoms with van der Waals surface area (Å²) < 4.78 is 17.1. The molecule has 2 aliphatic heterocycles. The third kappa shape index (κ3) is 15.5. The minimum Gasteiger partial charge on any atom is -0.497 e. The van der Waals surface area contributed by atoms with Crippen molar-refractivity contribution in [2.75, 3.05) is 27.7 Å². The van der Waals surface area contributed by atoms with Crippen molar-refractivity contribution >= 4 is 47.3 Å². The third-order valence-electron chi connectivity index (χ3n) is 12.9. The topological polar surface area (TPSA) is 239 Å². The summed E-state index contributed by atoms with van der Waals surface area (Å²) in [6.07, 6.45) is -3.30. The number of carbonyl (C=O) groups excluding carboxylic acids is 8. The predicted octanol–water partition coefficient (Wildman–Crippen LogP) is 2.71. The summed E-state index contributed by atoms with van der Waals surface area (Å²) in [5, 5.41) is 22.9. The number of aliphatic hydroxyl groups excluding tert-OH is 1. The summed E-state index contributed by atoms with van der Waals surface area (Å²) in [6, 6.07) is 0.0322. The minimum atomic E-state index is -1.55. The number of nitrogens with zero attached hydrogens (tertiary/aromatic N) is 2. The first-order valence-corrected chi connectivity index (χ1v) is 23.9. The largest absolute Gasteiger partial charge is 0.497 e.